The van der Waals surface area contributed by atoms with Crippen molar-refractivity contribution in [3.8, 4) is 5.75 Å². The van der Waals surface area contributed by atoms with Gasteiger partial charge in [-0.15, -0.1) is 0 Å². The number of rotatable bonds is 5. The molecule has 0 spiro atoms. The van der Waals surface area contributed by atoms with E-state index >= 15 is 0 Å². The Morgan fingerprint density at radius 3 is 2.95 bits per heavy atom. The van der Waals surface area contributed by atoms with Gasteiger partial charge in [-0.1, -0.05) is 0 Å². The number of hydrogen-bond donors (Lipinski definition) is 2. The van der Waals surface area contributed by atoms with Gasteiger partial charge in [0.1, 0.15) is 18.2 Å². The van der Waals surface area contributed by atoms with E-state index in [1.165, 1.54) is 0 Å². The molecule has 0 aromatic carbocycles. The molecule has 0 bridgehead atoms. The van der Waals surface area contributed by atoms with E-state index in [4.69, 9.17) is 14.9 Å². The molecule has 0 aliphatic heterocycles. The Balaban J connectivity index is 2.09. The summed E-state index contributed by atoms with van der Waals surface area (Å²) in [5.74, 6) is 0.961. The van der Waals surface area contributed by atoms with Crippen molar-refractivity contribution < 1.29 is 13.9 Å². The maximum absolute atomic E-state index is 12.1. The van der Waals surface area contributed by atoms with Crippen LogP contribution < -0.4 is 15.8 Å². The highest BCUT2D eigenvalue weighted by molar-refractivity contribution is 6.02. The molecule has 0 saturated carbocycles. The standard InChI is InChI=1S/C14H17N3O3/c1-9-8-20-13(10(9)2)14(18)17-12-7-11(3-5-16-12)19-6-4-15/h3,5,7-8H,4,6,15H2,1-2H3,(H,16,17,18). The van der Waals surface area contributed by atoms with Gasteiger partial charge in [-0.05, 0) is 25.5 Å². The first-order valence-electron chi connectivity index (χ1n) is 6.26. The molecule has 3 N–H and O–H groups in total. The molecule has 2 rings (SSSR count). The first kappa shape index (κ1) is 14.1. The molecule has 6 nitrogen and oxygen atoms in total. The van der Waals surface area contributed by atoms with Gasteiger partial charge in [-0.2, -0.15) is 0 Å². The van der Waals surface area contributed by atoms with Gasteiger partial charge < -0.3 is 20.2 Å². The summed E-state index contributed by atoms with van der Waals surface area (Å²) in [5, 5.41) is 2.67. The highest BCUT2D eigenvalue weighted by Crippen LogP contribution is 2.18. The van der Waals surface area contributed by atoms with Gasteiger partial charge in [0.05, 0.1) is 6.26 Å². The van der Waals surface area contributed by atoms with E-state index in [2.05, 4.69) is 10.3 Å². The highest BCUT2D eigenvalue weighted by Gasteiger charge is 2.15. The van der Waals surface area contributed by atoms with E-state index in [1.807, 2.05) is 13.8 Å². The van der Waals surface area contributed by atoms with Gasteiger partial charge in [0.15, 0.2) is 5.76 Å². The molecule has 0 fully saturated rings. The average molecular weight is 275 g/mol. The molecule has 20 heavy (non-hydrogen) atoms. The second-order valence-electron chi connectivity index (χ2n) is 4.34. The first-order valence-corrected chi connectivity index (χ1v) is 6.26. The fourth-order valence-electron chi connectivity index (χ4n) is 1.65. The lowest BCUT2D eigenvalue weighted by atomic mass is 10.2. The zero-order valence-corrected chi connectivity index (χ0v) is 11.5. The smallest absolute Gasteiger partial charge is 0.292 e. The fourth-order valence-corrected chi connectivity index (χ4v) is 1.65. The number of carbonyl (C=O) groups is 1. The largest absolute Gasteiger partial charge is 0.492 e. The van der Waals surface area contributed by atoms with Crippen LogP contribution in [0.3, 0.4) is 0 Å². The molecule has 0 unspecified atom stereocenters. The molecular formula is C14H17N3O3. The summed E-state index contributed by atoms with van der Waals surface area (Å²) in [4.78, 5) is 16.1. The van der Waals surface area contributed by atoms with Crippen molar-refractivity contribution in [2.75, 3.05) is 18.5 Å². The van der Waals surface area contributed by atoms with Crippen LogP contribution in [0.15, 0.2) is 29.0 Å². The molecule has 1 amide bonds. The minimum absolute atomic E-state index is 0.289. The van der Waals surface area contributed by atoms with Crippen LogP contribution in [0.25, 0.3) is 0 Å². The summed E-state index contributed by atoms with van der Waals surface area (Å²) >= 11 is 0. The van der Waals surface area contributed by atoms with Crippen LogP contribution in [0.1, 0.15) is 21.7 Å². The molecule has 6 heteroatoms. The van der Waals surface area contributed by atoms with E-state index in [9.17, 15) is 4.79 Å². The number of furan rings is 1. The maximum Gasteiger partial charge on any atom is 0.292 e. The molecule has 2 heterocycles. The van der Waals surface area contributed by atoms with Gasteiger partial charge in [0.25, 0.3) is 5.91 Å². The van der Waals surface area contributed by atoms with Crippen LogP contribution >= 0.6 is 0 Å². The number of aromatic nitrogens is 1. The van der Waals surface area contributed by atoms with E-state index in [1.54, 1.807) is 24.6 Å². The highest BCUT2D eigenvalue weighted by atomic mass is 16.5. The Morgan fingerprint density at radius 2 is 2.30 bits per heavy atom. The first-order chi connectivity index (χ1) is 9.61. The SMILES string of the molecule is Cc1coc(C(=O)Nc2cc(OCCN)ccn2)c1C. The van der Waals surface area contributed by atoms with E-state index in [0.717, 1.165) is 11.1 Å². The number of ether oxygens (including phenoxy) is 1. The lowest BCUT2D eigenvalue weighted by molar-refractivity contribution is 0.0995. The number of nitrogens with two attached hydrogens (primary N) is 1. The number of pyridine rings is 1. The summed E-state index contributed by atoms with van der Waals surface area (Å²) < 4.78 is 10.6. The molecule has 2 aromatic heterocycles. The van der Waals surface area contributed by atoms with Crippen molar-refractivity contribution in [1.29, 1.82) is 0 Å². The van der Waals surface area contributed by atoms with Crippen molar-refractivity contribution in [2.24, 2.45) is 5.73 Å². The summed E-state index contributed by atoms with van der Waals surface area (Å²) in [6.45, 7) is 4.56. The third kappa shape index (κ3) is 3.16. The van der Waals surface area contributed by atoms with Crippen LogP contribution in [-0.2, 0) is 0 Å². The van der Waals surface area contributed by atoms with Gasteiger partial charge in [-0.3, -0.25) is 4.79 Å². The number of amides is 1. The summed E-state index contributed by atoms with van der Waals surface area (Å²) in [6.07, 6.45) is 3.11. The monoisotopic (exact) mass is 275 g/mol. The predicted octanol–water partition coefficient (Wildman–Crippen LogP) is 1.88. The lowest BCUT2D eigenvalue weighted by Crippen LogP contribution is -2.14. The number of aryl methyl sites for hydroxylation is 1. The zero-order valence-electron chi connectivity index (χ0n) is 11.5. The van der Waals surface area contributed by atoms with Gasteiger partial charge in [0.2, 0.25) is 0 Å². The molecule has 0 aliphatic rings. The number of hydrogen-bond acceptors (Lipinski definition) is 5. The van der Waals surface area contributed by atoms with Crippen molar-refractivity contribution in [1.82, 2.24) is 4.98 Å². The van der Waals surface area contributed by atoms with Crippen molar-refractivity contribution in [2.45, 2.75) is 13.8 Å². The normalized spacial score (nSPS) is 10.3. The number of anilines is 1. The Bertz CT molecular complexity index is 607. The van der Waals surface area contributed by atoms with Gasteiger partial charge in [-0.25, -0.2) is 4.98 Å². The Morgan fingerprint density at radius 1 is 1.50 bits per heavy atom. The molecule has 2 aromatic rings. The molecule has 0 atom stereocenters. The predicted molar refractivity (Wildman–Crippen MR) is 74.9 cm³/mol. The number of nitrogens with one attached hydrogen (secondary N) is 1. The maximum atomic E-state index is 12.1. The Kier molecular flexibility index (Phi) is 4.37. The number of carbonyl (C=O) groups excluding carboxylic acids is 1. The summed E-state index contributed by atoms with van der Waals surface area (Å²) in [7, 11) is 0. The Hall–Kier alpha value is -2.34. The lowest BCUT2D eigenvalue weighted by Gasteiger charge is -2.07. The number of nitrogens with zero attached hydrogens (tertiary/aromatic N) is 1. The summed E-state index contributed by atoms with van der Waals surface area (Å²) in [5.41, 5.74) is 7.12. The van der Waals surface area contributed by atoms with Gasteiger partial charge >= 0.3 is 0 Å². The van der Waals surface area contributed by atoms with Crippen LogP contribution in [0.5, 0.6) is 5.75 Å². The Labute approximate surface area is 116 Å². The quantitative estimate of drug-likeness (QED) is 0.869. The molecule has 0 saturated heterocycles. The van der Waals surface area contributed by atoms with Crippen LogP contribution in [0.4, 0.5) is 5.82 Å². The molecule has 0 radical (unpaired) electrons. The molecular weight excluding hydrogens is 258 g/mol. The van der Waals surface area contributed by atoms with Crippen molar-refractivity contribution in [3.63, 3.8) is 0 Å². The molecule has 0 aliphatic carbocycles. The average Bonchev–Trinajstić information content (AvgIpc) is 2.77. The van der Waals surface area contributed by atoms with Crippen molar-refractivity contribution in [3.05, 3.63) is 41.5 Å². The van der Waals surface area contributed by atoms with Crippen LogP contribution in [-0.4, -0.2) is 24.0 Å². The van der Waals surface area contributed by atoms with E-state index in [-0.39, 0.29) is 11.7 Å². The second-order valence-corrected chi connectivity index (χ2v) is 4.34. The third-order valence-electron chi connectivity index (χ3n) is 2.85. The molecule has 106 valence electrons. The minimum Gasteiger partial charge on any atom is -0.492 e. The third-order valence-corrected chi connectivity index (χ3v) is 2.85. The van der Waals surface area contributed by atoms with Gasteiger partial charge in [0, 0.05) is 24.4 Å². The van der Waals surface area contributed by atoms with Crippen LogP contribution in [0.2, 0.25) is 0 Å². The van der Waals surface area contributed by atoms with Crippen molar-refractivity contribution >= 4 is 11.7 Å². The van der Waals surface area contributed by atoms with E-state index < -0.39 is 0 Å². The van der Waals surface area contributed by atoms with E-state index in [0.29, 0.717) is 24.7 Å². The fraction of sp³-hybridized carbons (Fsp3) is 0.286. The minimum atomic E-state index is -0.334. The topological polar surface area (TPSA) is 90.4 Å². The van der Waals surface area contributed by atoms with Crippen LogP contribution in [0, 0.1) is 13.8 Å². The summed E-state index contributed by atoms with van der Waals surface area (Å²) in [6, 6.07) is 3.34. The second kappa shape index (κ2) is 6.21. The zero-order chi connectivity index (χ0) is 14.5.